The molecule has 0 bridgehead atoms. The Labute approximate surface area is 158 Å². The van der Waals surface area contributed by atoms with Gasteiger partial charge in [0.1, 0.15) is 5.82 Å². The average molecular weight is 369 g/mol. The van der Waals surface area contributed by atoms with Crippen LogP contribution in [0.3, 0.4) is 0 Å². The summed E-state index contributed by atoms with van der Waals surface area (Å²) in [5.41, 5.74) is 4.00. The zero-order valence-electron chi connectivity index (χ0n) is 15.7. The summed E-state index contributed by atoms with van der Waals surface area (Å²) in [4.78, 5) is 14.7. The first kappa shape index (κ1) is 18.4. The van der Waals surface area contributed by atoms with Crippen LogP contribution in [-0.2, 0) is 0 Å². The maximum absolute atomic E-state index is 4.69. The van der Waals surface area contributed by atoms with Crippen molar-refractivity contribution in [2.45, 2.75) is 38.6 Å². The molecule has 0 amide bonds. The fraction of sp³-hybridized carbons (Fsp3) is 0.316. The second-order valence-corrected chi connectivity index (χ2v) is 7.41. The van der Waals surface area contributed by atoms with Crippen LogP contribution < -0.4 is 10.0 Å². The molecule has 0 aliphatic carbocycles. The van der Waals surface area contributed by atoms with Crippen molar-refractivity contribution in [2.24, 2.45) is 0 Å². The number of benzene rings is 1. The molecule has 0 unspecified atom stereocenters. The third-order valence-corrected chi connectivity index (χ3v) is 4.77. The van der Waals surface area contributed by atoms with E-state index in [9.17, 15) is 0 Å². The van der Waals surface area contributed by atoms with Gasteiger partial charge in [0.25, 0.3) is 0 Å². The Kier molecular flexibility index (Phi) is 5.58. The molecule has 0 aliphatic heterocycles. The van der Waals surface area contributed by atoms with Crippen LogP contribution in [0.15, 0.2) is 41.6 Å². The van der Waals surface area contributed by atoms with E-state index in [1.54, 1.807) is 18.1 Å². The average Bonchev–Trinajstić information content (AvgIpc) is 3.00. The van der Waals surface area contributed by atoms with Crippen LogP contribution in [-0.4, -0.2) is 26.6 Å². The van der Waals surface area contributed by atoms with E-state index in [1.165, 1.54) is 4.90 Å². The van der Waals surface area contributed by atoms with Crippen LogP contribution in [0, 0.1) is 13.8 Å². The quantitative estimate of drug-likeness (QED) is 0.624. The fourth-order valence-corrected chi connectivity index (χ4v) is 3.54. The minimum atomic E-state index is 0.318. The number of imidazole rings is 1. The van der Waals surface area contributed by atoms with Crippen molar-refractivity contribution in [2.75, 3.05) is 12.4 Å². The summed E-state index contributed by atoms with van der Waals surface area (Å²) in [5.74, 6) is 1.56. The van der Waals surface area contributed by atoms with Gasteiger partial charge in [-0.2, -0.15) is 0 Å². The van der Waals surface area contributed by atoms with Gasteiger partial charge in [-0.25, -0.2) is 15.0 Å². The van der Waals surface area contributed by atoms with E-state index in [0.717, 1.165) is 28.5 Å². The number of nitrogens with zero attached hydrogens (tertiary/aromatic N) is 4. The monoisotopic (exact) mass is 368 g/mol. The first-order chi connectivity index (χ1) is 12.5. The predicted molar refractivity (Wildman–Crippen MR) is 108 cm³/mol. The third kappa shape index (κ3) is 3.89. The molecule has 2 N–H and O–H groups in total. The zero-order chi connectivity index (χ0) is 18.7. The van der Waals surface area contributed by atoms with Crippen molar-refractivity contribution in [1.82, 2.24) is 24.2 Å². The summed E-state index contributed by atoms with van der Waals surface area (Å²) < 4.78 is 5.27. The molecule has 0 spiro atoms. The molecule has 0 aliphatic rings. The molecule has 6 nitrogen and oxygen atoms in total. The Morgan fingerprint density at radius 2 is 1.92 bits per heavy atom. The number of nitrogens with one attached hydrogen (secondary N) is 2. The lowest BCUT2D eigenvalue weighted by atomic mass is 10.2. The highest BCUT2D eigenvalue weighted by molar-refractivity contribution is 7.97. The Hall–Kier alpha value is -2.38. The highest BCUT2D eigenvalue weighted by atomic mass is 32.2. The highest BCUT2D eigenvalue weighted by Gasteiger charge is 2.13. The minimum Gasteiger partial charge on any atom is -0.324 e. The van der Waals surface area contributed by atoms with Gasteiger partial charge in [-0.05, 0) is 76.5 Å². The molecule has 0 radical (unpaired) electrons. The second kappa shape index (κ2) is 7.88. The number of hydrogen-bond acceptors (Lipinski definition) is 6. The minimum absolute atomic E-state index is 0.318. The normalized spacial score (nSPS) is 11.2. The molecule has 1 aromatic carbocycles. The van der Waals surface area contributed by atoms with E-state index in [0.29, 0.717) is 12.0 Å². The van der Waals surface area contributed by atoms with E-state index in [1.807, 2.05) is 32.3 Å². The summed E-state index contributed by atoms with van der Waals surface area (Å²) >= 11 is 1.59. The number of anilines is 2. The maximum Gasteiger partial charge on any atom is 0.227 e. The molecule has 136 valence electrons. The van der Waals surface area contributed by atoms with Crippen molar-refractivity contribution in [3.05, 3.63) is 48.0 Å². The first-order valence-corrected chi connectivity index (χ1v) is 9.39. The molecule has 0 atom stereocenters. The van der Waals surface area contributed by atoms with Gasteiger partial charge >= 0.3 is 0 Å². The van der Waals surface area contributed by atoms with Crippen molar-refractivity contribution in [3.8, 4) is 11.4 Å². The zero-order valence-corrected chi connectivity index (χ0v) is 16.6. The van der Waals surface area contributed by atoms with Gasteiger partial charge in [-0.1, -0.05) is 0 Å². The molecular formula is C19H24N6S. The SMILES string of the molecule is CNSc1ccc(Nc2nccc(-c3cnc(C)n3C(C)C)n2)c(C)c1. The number of aromatic nitrogens is 4. The summed E-state index contributed by atoms with van der Waals surface area (Å²) in [7, 11) is 1.91. The van der Waals surface area contributed by atoms with Crippen LogP contribution in [0.5, 0.6) is 0 Å². The van der Waals surface area contributed by atoms with Crippen LogP contribution in [0.1, 0.15) is 31.3 Å². The number of rotatable bonds is 6. The maximum atomic E-state index is 4.69. The van der Waals surface area contributed by atoms with Gasteiger partial charge in [0.2, 0.25) is 5.95 Å². The third-order valence-electron chi connectivity index (χ3n) is 4.08. The van der Waals surface area contributed by atoms with Gasteiger partial charge in [0.15, 0.2) is 0 Å². The summed E-state index contributed by atoms with van der Waals surface area (Å²) in [6.45, 7) is 8.38. The number of hydrogen-bond donors (Lipinski definition) is 2. The second-order valence-electron chi connectivity index (χ2n) is 6.33. The molecule has 7 heteroatoms. The molecule has 0 saturated heterocycles. The van der Waals surface area contributed by atoms with Gasteiger partial charge in [0, 0.05) is 22.8 Å². The van der Waals surface area contributed by atoms with Crippen LogP contribution in [0.2, 0.25) is 0 Å². The number of aryl methyl sites for hydroxylation is 2. The molecule has 3 aromatic rings. The predicted octanol–water partition coefficient (Wildman–Crippen LogP) is 4.51. The van der Waals surface area contributed by atoms with Crippen LogP contribution in [0.4, 0.5) is 11.6 Å². The van der Waals surface area contributed by atoms with Crippen molar-refractivity contribution in [3.63, 3.8) is 0 Å². The summed E-state index contributed by atoms with van der Waals surface area (Å²) in [5, 5.41) is 3.33. The molecule has 26 heavy (non-hydrogen) atoms. The van der Waals surface area contributed by atoms with Crippen molar-refractivity contribution in [1.29, 1.82) is 0 Å². The molecule has 0 fully saturated rings. The lowest BCUT2D eigenvalue weighted by molar-refractivity contribution is 0.587. The van der Waals surface area contributed by atoms with Crippen molar-refractivity contribution >= 4 is 23.6 Å². The molecule has 2 aromatic heterocycles. The Morgan fingerprint density at radius 1 is 1.12 bits per heavy atom. The van der Waals surface area contributed by atoms with Gasteiger partial charge in [0.05, 0.1) is 17.6 Å². The van der Waals surface area contributed by atoms with Gasteiger partial charge in [-0.15, -0.1) is 0 Å². The molecule has 2 heterocycles. The van der Waals surface area contributed by atoms with Crippen LogP contribution in [0.25, 0.3) is 11.4 Å². The fourth-order valence-electron chi connectivity index (χ4n) is 2.93. The van der Waals surface area contributed by atoms with E-state index in [2.05, 4.69) is 57.5 Å². The molecule has 3 rings (SSSR count). The lowest BCUT2D eigenvalue weighted by Crippen LogP contribution is -2.06. The Balaban J connectivity index is 1.89. The van der Waals surface area contributed by atoms with E-state index < -0.39 is 0 Å². The lowest BCUT2D eigenvalue weighted by Gasteiger charge is -2.14. The van der Waals surface area contributed by atoms with E-state index in [-0.39, 0.29) is 0 Å². The van der Waals surface area contributed by atoms with Gasteiger partial charge < -0.3 is 9.88 Å². The summed E-state index contributed by atoms with van der Waals surface area (Å²) in [6.07, 6.45) is 3.65. The van der Waals surface area contributed by atoms with Crippen molar-refractivity contribution < 1.29 is 0 Å². The van der Waals surface area contributed by atoms with Crippen LogP contribution >= 0.6 is 11.9 Å². The molecular weight excluding hydrogens is 344 g/mol. The standard InChI is InChI=1S/C19H24N6S/c1-12(2)25-14(4)22-11-18(25)17-8-9-21-19(24-17)23-16-7-6-15(26-20-5)10-13(16)3/h6-12,20H,1-5H3,(H,21,23,24). The van der Waals surface area contributed by atoms with Gasteiger partial charge in [-0.3, -0.25) is 4.72 Å². The van der Waals surface area contributed by atoms with E-state index in [4.69, 9.17) is 4.98 Å². The molecule has 0 saturated carbocycles. The van der Waals surface area contributed by atoms with E-state index >= 15 is 0 Å². The smallest absolute Gasteiger partial charge is 0.227 e. The Morgan fingerprint density at radius 3 is 2.62 bits per heavy atom. The largest absolute Gasteiger partial charge is 0.324 e. The first-order valence-electron chi connectivity index (χ1n) is 8.58. The Bertz CT molecular complexity index is 903. The topological polar surface area (TPSA) is 67.7 Å². The highest BCUT2D eigenvalue weighted by Crippen LogP contribution is 2.26. The summed E-state index contributed by atoms with van der Waals surface area (Å²) in [6, 6.07) is 8.48.